The molecule has 0 bridgehead atoms. The standard InChI is InChI=1S/C14H18N2O2/c1-10(2)9-14(11-7-5-4-6-8-11)12(17)16(3)13(18)15-14/h4-8,10H,9H2,1-3H3,(H,15,18). The van der Waals surface area contributed by atoms with Crippen LogP contribution >= 0.6 is 0 Å². The fourth-order valence-electron chi connectivity index (χ4n) is 2.49. The van der Waals surface area contributed by atoms with Gasteiger partial charge >= 0.3 is 6.03 Å². The topological polar surface area (TPSA) is 49.4 Å². The van der Waals surface area contributed by atoms with E-state index in [9.17, 15) is 9.59 Å². The third-order valence-electron chi connectivity index (χ3n) is 3.28. The van der Waals surface area contributed by atoms with Gasteiger partial charge in [0.2, 0.25) is 0 Å². The summed E-state index contributed by atoms with van der Waals surface area (Å²) >= 11 is 0. The van der Waals surface area contributed by atoms with Gasteiger partial charge in [-0.25, -0.2) is 4.79 Å². The van der Waals surface area contributed by atoms with Crippen LogP contribution in [0.5, 0.6) is 0 Å². The first-order valence-corrected chi connectivity index (χ1v) is 6.13. The van der Waals surface area contributed by atoms with E-state index < -0.39 is 5.54 Å². The Labute approximate surface area is 107 Å². The molecule has 1 aliphatic heterocycles. The second-order valence-electron chi connectivity index (χ2n) is 5.16. The van der Waals surface area contributed by atoms with Crippen molar-refractivity contribution in [2.45, 2.75) is 25.8 Å². The highest BCUT2D eigenvalue weighted by Gasteiger charge is 2.50. The van der Waals surface area contributed by atoms with Crippen molar-refractivity contribution in [1.29, 1.82) is 0 Å². The van der Waals surface area contributed by atoms with Crippen LogP contribution < -0.4 is 5.32 Å². The number of nitrogens with one attached hydrogen (secondary N) is 1. The number of carbonyl (C=O) groups excluding carboxylic acids is 2. The highest BCUT2D eigenvalue weighted by atomic mass is 16.2. The lowest BCUT2D eigenvalue weighted by Gasteiger charge is -2.28. The number of urea groups is 1. The maximum absolute atomic E-state index is 12.4. The number of benzene rings is 1. The van der Waals surface area contributed by atoms with Crippen molar-refractivity contribution >= 4 is 11.9 Å². The number of nitrogens with zero attached hydrogens (tertiary/aromatic N) is 1. The van der Waals surface area contributed by atoms with Crippen molar-refractivity contribution in [2.75, 3.05) is 7.05 Å². The molecule has 0 spiro atoms. The lowest BCUT2D eigenvalue weighted by molar-refractivity contribution is -0.131. The van der Waals surface area contributed by atoms with Gasteiger partial charge in [0.25, 0.3) is 5.91 Å². The molecule has 1 unspecified atom stereocenters. The molecule has 3 amide bonds. The monoisotopic (exact) mass is 246 g/mol. The zero-order chi connectivity index (χ0) is 13.3. The van der Waals surface area contributed by atoms with Gasteiger partial charge in [0.1, 0.15) is 5.54 Å². The molecule has 0 saturated carbocycles. The number of hydrogen-bond acceptors (Lipinski definition) is 2. The van der Waals surface area contributed by atoms with Crippen LogP contribution in [-0.4, -0.2) is 23.9 Å². The van der Waals surface area contributed by atoms with Crippen LogP contribution in [0.15, 0.2) is 30.3 Å². The van der Waals surface area contributed by atoms with E-state index in [1.807, 2.05) is 44.2 Å². The van der Waals surface area contributed by atoms with Gasteiger partial charge in [0.05, 0.1) is 0 Å². The molecular formula is C14H18N2O2. The zero-order valence-electron chi connectivity index (χ0n) is 10.9. The van der Waals surface area contributed by atoms with Crippen LogP contribution in [0, 0.1) is 5.92 Å². The minimum absolute atomic E-state index is 0.174. The minimum Gasteiger partial charge on any atom is -0.319 e. The Hall–Kier alpha value is -1.84. The molecule has 0 aromatic heterocycles. The second kappa shape index (κ2) is 4.44. The van der Waals surface area contributed by atoms with Crippen molar-refractivity contribution in [3.63, 3.8) is 0 Å². The molecule has 1 N–H and O–H groups in total. The maximum Gasteiger partial charge on any atom is 0.325 e. The number of hydrogen-bond donors (Lipinski definition) is 1. The molecule has 1 aliphatic rings. The third kappa shape index (κ3) is 1.88. The lowest BCUT2D eigenvalue weighted by atomic mass is 9.82. The van der Waals surface area contributed by atoms with Gasteiger partial charge in [0.15, 0.2) is 0 Å². The highest BCUT2D eigenvalue weighted by Crippen LogP contribution is 2.34. The smallest absolute Gasteiger partial charge is 0.319 e. The van der Waals surface area contributed by atoms with Gasteiger partial charge in [-0.15, -0.1) is 0 Å². The predicted octanol–water partition coefficient (Wildman–Crippen LogP) is 2.11. The molecule has 1 aromatic carbocycles. The maximum atomic E-state index is 12.4. The minimum atomic E-state index is -0.902. The van der Waals surface area contributed by atoms with Crippen molar-refractivity contribution < 1.29 is 9.59 Å². The summed E-state index contributed by atoms with van der Waals surface area (Å²) in [6.07, 6.45) is 0.603. The summed E-state index contributed by atoms with van der Waals surface area (Å²) in [6, 6.07) is 9.12. The highest BCUT2D eigenvalue weighted by molar-refractivity contribution is 6.07. The van der Waals surface area contributed by atoms with Gasteiger partial charge in [-0.2, -0.15) is 0 Å². The molecular weight excluding hydrogens is 228 g/mol. The summed E-state index contributed by atoms with van der Waals surface area (Å²) in [7, 11) is 1.52. The van der Waals surface area contributed by atoms with Gasteiger partial charge in [-0.1, -0.05) is 44.2 Å². The van der Waals surface area contributed by atoms with Crippen LogP contribution in [0.1, 0.15) is 25.8 Å². The molecule has 1 atom stereocenters. The Bertz CT molecular complexity index is 470. The Morgan fingerprint density at radius 3 is 2.28 bits per heavy atom. The van der Waals surface area contributed by atoms with E-state index in [-0.39, 0.29) is 11.9 Å². The van der Waals surface area contributed by atoms with E-state index in [0.717, 1.165) is 10.5 Å². The van der Waals surface area contributed by atoms with Crippen LogP contribution in [0.3, 0.4) is 0 Å². The summed E-state index contributed by atoms with van der Waals surface area (Å²) in [5.41, 5.74) is -0.0530. The summed E-state index contributed by atoms with van der Waals surface area (Å²) in [5, 5.41) is 2.85. The quantitative estimate of drug-likeness (QED) is 0.830. The van der Waals surface area contributed by atoms with Crippen molar-refractivity contribution in [3.05, 3.63) is 35.9 Å². The first-order valence-electron chi connectivity index (χ1n) is 6.13. The average Bonchev–Trinajstić information content (AvgIpc) is 2.55. The van der Waals surface area contributed by atoms with E-state index in [4.69, 9.17) is 0 Å². The van der Waals surface area contributed by atoms with Gasteiger partial charge in [-0.3, -0.25) is 9.69 Å². The fraction of sp³-hybridized carbons (Fsp3) is 0.429. The molecule has 0 radical (unpaired) electrons. The first kappa shape index (κ1) is 12.6. The van der Waals surface area contributed by atoms with Crippen molar-refractivity contribution in [1.82, 2.24) is 10.2 Å². The molecule has 2 rings (SSSR count). The van der Waals surface area contributed by atoms with Crippen molar-refractivity contribution in [2.24, 2.45) is 5.92 Å². The summed E-state index contributed by atoms with van der Waals surface area (Å²) in [6.45, 7) is 4.09. The molecule has 0 aliphatic carbocycles. The Morgan fingerprint density at radius 1 is 1.22 bits per heavy atom. The molecule has 1 aromatic rings. The first-order chi connectivity index (χ1) is 8.47. The van der Waals surface area contributed by atoms with Gasteiger partial charge in [-0.05, 0) is 17.9 Å². The number of rotatable bonds is 3. The van der Waals surface area contributed by atoms with E-state index >= 15 is 0 Å². The van der Waals surface area contributed by atoms with Gasteiger partial charge < -0.3 is 5.32 Å². The molecule has 1 heterocycles. The van der Waals surface area contributed by atoms with Crippen LogP contribution in [0.2, 0.25) is 0 Å². The average molecular weight is 246 g/mol. The molecule has 96 valence electrons. The molecule has 1 saturated heterocycles. The zero-order valence-corrected chi connectivity index (χ0v) is 10.9. The van der Waals surface area contributed by atoms with Crippen LogP contribution in [-0.2, 0) is 10.3 Å². The van der Waals surface area contributed by atoms with E-state index in [0.29, 0.717) is 12.3 Å². The number of amides is 3. The Balaban J connectivity index is 2.49. The van der Waals surface area contributed by atoms with Crippen molar-refractivity contribution in [3.8, 4) is 0 Å². The van der Waals surface area contributed by atoms with Crippen LogP contribution in [0.25, 0.3) is 0 Å². The van der Waals surface area contributed by atoms with Crippen LogP contribution in [0.4, 0.5) is 4.79 Å². The lowest BCUT2D eigenvalue weighted by Crippen LogP contribution is -2.44. The summed E-state index contributed by atoms with van der Waals surface area (Å²) < 4.78 is 0. The number of likely N-dealkylation sites (N-methyl/N-ethyl adjacent to an activating group) is 1. The second-order valence-corrected chi connectivity index (χ2v) is 5.16. The normalized spacial score (nSPS) is 23.7. The van der Waals surface area contributed by atoms with E-state index in [1.165, 1.54) is 7.05 Å². The fourth-order valence-corrected chi connectivity index (χ4v) is 2.49. The SMILES string of the molecule is CC(C)CC1(c2ccccc2)NC(=O)N(C)C1=O. The Morgan fingerprint density at radius 2 is 1.83 bits per heavy atom. The Kier molecular flexibility index (Phi) is 3.11. The summed E-state index contributed by atoms with van der Waals surface area (Å²) in [5.74, 6) is 0.133. The molecule has 4 nitrogen and oxygen atoms in total. The summed E-state index contributed by atoms with van der Waals surface area (Å²) in [4.78, 5) is 25.3. The molecule has 18 heavy (non-hydrogen) atoms. The largest absolute Gasteiger partial charge is 0.325 e. The number of imide groups is 1. The molecule has 4 heteroatoms. The third-order valence-corrected chi connectivity index (χ3v) is 3.28. The van der Waals surface area contributed by atoms with E-state index in [2.05, 4.69) is 5.32 Å². The predicted molar refractivity (Wildman–Crippen MR) is 68.9 cm³/mol. The number of carbonyl (C=O) groups is 2. The molecule has 1 fully saturated rings. The van der Waals surface area contributed by atoms with Gasteiger partial charge in [0, 0.05) is 7.05 Å². The van der Waals surface area contributed by atoms with E-state index in [1.54, 1.807) is 0 Å².